The van der Waals surface area contributed by atoms with Gasteiger partial charge in [0.05, 0.1) is 12.6 Å². The second kappa shape index (κ2) is 8.26. The monoisotopic (exact) mass is 335 g/mol. The first kappa shape index (κ1) is 18.4. The topological polar surface area (TPSA) is 80.1 Å². The molecule has 2 atom stereocenters. The van der Waals surface area contributed by atoms with Crippen LogP contribution < -0.4 is 5.32 Å². The summed E-state index contributed by atoms with van der Waals surface area (Å²) in [6, 6.07) is -0.0424. The van der Waals surface area contributed by atoms with Crippen molar-refractivity contribution in [2.75, 3.05) is 13.1 Å². The lowest BCUT2D eigenvalue weighted by Crippen LogP contribution is -2.41. The Kier molecular flexibility index (Phi) is 6.34. The molecule has 2 amide bonds. The van der Waals surface area contributed by atoms with E-state index in [-0.39, 0.29) is 30.3 Å². The first-order chi connectivity index (χ1) is 11.4. The molecule has 2 heterocycles. The van der Waals surface area contributed by atoms with Crippen molar-refractivity contribution in [3.63, 3.8) is 0 Å². The van der Waals surface area contributed by atoms with Gasteiger partial charge in [0, 0.05) is 19.0 Å². The summed E-state index contributed by atoms with van der Waals surface area (Å²) in [5.74, 6) is 1.15. The molecule has 0 radical (unpaired) electrons. The van der Waals surface area contributed by atoms with Crippen LogP contribution in [-0.2, 0) is 16.1 Å². The fourth-order valence-electron chi connectivity index (χ4n) is 3.01. The standard InChI is InChI=1S/C17H29N5O2/c1-5-13(4)17(24)18-9-15(23)22-8-6-7-14(22)16-20-19-11-21(16)10-12(2)3/h11-14H,5-10H2,1-4H3,(H,18,24)/t13-,14+/m0/s1. The van der Waals surface area contributed by atoms with E-state index < -0.39 is 0 Å². The molecule has 1 aromatic rings. The third-order valence-electron chi connectivity index (χ3n) is 4.55. The Morgan fingerprint density at radius 3 is 2.79 bits per heavy atom. The quantitative estimate of drug-likeness (QED) is 0.823. The zero-order chi connectivity index (χ0) is 17.7. The van der Waals surface area contributed by atoms with Crippen molar-refractivity contribution < 1.29 is 9.59 Å². The van der Waals surface area contributed by atoms with Crippen LogP contribution in [0.1, 0.15) is 58.8 Å². The second-order valence-electron chi connectivity index (χ2n) is 7.01. The Hall–Kier alpha value is -1.92. The molecule has 2 rings (SSSR count). The Labute approximate surface area is 143 Å². The fourth-order valence-corrected chi connectivity index (χ4v) is 3.01. The predicted octanol–water partition coefficient (Wildman–Crippen LogP) is 1.76. The molecule has 0 aliphatic carbocycles. The third-order valence-corrected chi connectivity index (χ3v) is 4.55. The number of hydrogen-bond donors (Lipinski definition) is 1. The molecule has 7 nitrogen and oxygen atoms in total. The Bertz CT molecular complexity index is 569. The van der Waals surface area contributed by atoms with Gasteiger partial charge in [0.2, 0.25) is 11.8 Å². The molecule has 1 saturated heterocycles. The van der Waals surface area contributed by atoms with Gasteiger partial charge >= 0.3 is 0 Å². The van der Waals surface area contributed by atoms with Crippen molar-refractivity contribution >= 4 is 11.8 Å². The molecule has 1 fully saturated rings. The molecule has 0 unspecified atom stereocenters. The van der Waals surface area contributed by atoms with Crippen molar-refractivity contribution in [1.29, 1.82) is 0 Å². The van der Waals surface area contributed by atoms with Gasteiger partial charge in [-0.05, 0) is 25.2 Å². The normalized spacial score (nSPS) is 18.9. The van der Waals surface area contributed by atoms with Crippen LogP contribution in [0.3, 0.4) is 0 Å². The lowest BCUT2D eigenvalue weighted by atomic mass is 10.1. The van der Waals surface area contributed by atoms with Crippen LogP contribution in [-0.4, -0.2) is 44.6 Å². The van der Waals surface area contributed by atoms with E-state index >= 15 is 0 Å². The number of amides is 2. The highest BCUT2D eigenvalue weighted by molar-refractivity contribution is 5.86. The molecule has 24 heavy (non-hydrogen) atoms. The van der Waals surface area contributed by atoms with E-state index in [1.807, 2.05) is 23.3 Å². The van der Waals surface area contributed by atoms with E-state index in [4.69, 9.17) is 0 Å². The minimum absolute atomic E-state index is 0.0424. The molecule has 0 aromatic carbocycles. The van der Waals surface area contributed by atoms with Gasteiger partial charge in [0.25, 0.3) is 0 Å². The van der Waals surface area contributed by atoms with E-state index in [1.165, 1.54) is 0 Å². The third kappa shape index (κ3) is 4.33. The van der Waals surface area contributed by atoms with Crippen molar-refractivity contribution in [3.8, 4) is 0 Å². The summed E-state index contributed by atoms with van der Waals surface area (Å²) < 4.78 is 2.04. The maximum absolute atomic E-state index is 12.6. The lowest BCUT2D eigenvalue weighted by molar-refractivity contribution is -0.134. The Morgan fingerprint density at radius 2 is 2.12 bits per heavy atom. The molecule has 0 bridgehead atoms. The fraction of sp³-hybridized carbons (Fsp3) is 0.765. The Balaban J connectivity index is 2.01. The van der Waals surface area contributed by atoms with E-state index in [1.54, 1.807) is 6.33 Å². The molecular weight excluding hydrogens is 306 g/mol. The number of likely N-dealkylation sites (tertiary alicyclic amines) is 1. The van der Waals surface area contributed by atoms with E-state index in [2.05, 4.69) is 29.4 Å². The summed E-state index contributed by atoms with van der Waals surface area (Å²) in [6.07, 6.45) is 4.35. The van der Waals surface area contributed by atoms with Crippen molar-refractivity contribution in [2.24, 2.45) is 11.8 Å². The lowest BCUT2D eigenvalue weighted by Gasteiger charge is -2.25. The number of rotatable bonds is 7. The SMILES string of the molecule is CC[C@H](C)C(=O)NCC(=O)N1CCC[C@@H]1c1nncn1CC(C)C. The smallest absolute Gasteiger partial charge is 0.242 e. The van der Waals surface area contributed by atoms with Crippen molar-refractivity contribution in [2.45, 2.75) is 59.5 Å². The Morgan fingerprint density at radius 1 is 1.38 bits per heavy atom. The van der Waals surface area contributed by atoms with Gasteiger partial charge in [-0.15, -0.1) is 10.2 Å². The van der Waals surface area contributed by atoms with Gasteiger partial charge < -0.3 is 14.8 Å². The number of carbonyl (C=O) groups excluding carboxylic acids is 2. The highest BCUT2D eigenvalue weighted by atomic mass is 16.2. The number of nitrogens with zero attached hydrogens (tertiary/aromatic N) is 4. The first-order valence-corrected chi connectivity index (χ1v) is 8.88. The summed E-state index contributed by atoms with van der Waals surface area (Å²) >= 11 is 0. The van der Waals surface area contributed by atoms with Gasteiger partial charge in [0.15, 0.2) is 5.82 Å². The predicted molar refractivity (Wildman–Crippen MR) is 91.0 cm³/mol. The largest absolute Gasteiger partial charge is 0.347 e. The van der Waals surface area contributed by atoms with Crippen LogP contribution in [0.4, 0.5) is 0 Å². The van der Waals surface area contributed by atoms with E-state index in [0.717, 1.165) is 31.6 Å². The number of aromatic nitrogens is 3. The van der Waals surface area contributed by atoms with Gasteiger partial charge in [-0.1, -0.05) is 27.7 Å². The van der Waals surface area contributed by atoms with Crippen molar-refractivity contribution in [1.82, 2.24) is 25.0 Å². The summed E-state index contributed by atoms with van der Waals surface area (Å²) in [7, 11) is 0. The van der Waals surface area contributed by atoms with Crippen LogP contribution in [0.25, 0.3) is 0 Å². The maximum Gasteiger partial charge on any atom is 0.242 e. The van der Waals surface area contributed by atoms with Crippen LogP contribution in [0.2, 0.25) is 0 Å². The first-order valence-electron chi connectivity index (χ1n) is 8.88. The molecule has 1 N–H and O–H groups in total. The van der Waals surface area contributed by atoms with Crippen molar-refractivity contribution in [3.05, 3.63) is 12.2 Å². The highest BCUT2D eigenvalue weighted by Crippen LogP contribution is 2.30. The molecule has 0 spiro atoms. The summed E-state index contributed by atoms with van der Waals surface area (Å²) in [4.78, 5) is 26.3. The highest BCUT2D eigenvalue weighted by Gasteiger charge is 2.33. The molecular formula is C17H29N5O2. The van der Waals surface area contributed by atoms with Gasteiger partial charge in [-0.2, -0.15) is 0 Å². The minimum atomic E-state index is -0.0682. The van der Waals surface area contributed by atoms with Gasteiger partial charge in [-0.25, -0.2) is 0 Å². The summed E-state index contributed by atoms with van der Waals surface area (Å²) in [5.41, 5.74) is 0. The molecule has 7 heteroatoms. The van der Waals surface area contributed by atoms with Gasteiger partial charge in [0.1, 0.15) is 6.33 Å². The zero-order valence-electron chi connectivity index (χ0n) is 15.2. The van der Waals surface area contributed by atoms with Crippen LogP contribution >= 0.6 is 0 Å². The van der Waals surface area contributed by atoms with E-state index in [0.29, 0.717) is 12.5 Å². The summed E-state index contributed by atoms with van der Waals surface area (Å²) in [6.45, 7) is 9.72. The van der Waals surface area contributed by atoms with Gasteiger partial charge in [-0.3, -0.25) is 9.59 Å². The number of nitrogens with one attached hydrogen (secondary N) is 1. The van der Waals surface area contributed by atoms with Crippen LogP contribution in [0, 0.1) is 11.8 Å². The van der Waals surface area contributed by atoms with E-state index in [9.17, 15) is 9.59 Å². The van der Waals surface area contributed by atoms with Crippen LogP contribution in [0.5, 0.6) is 0 Å². The average molecular weight is 335 g/mol. The molecule has 1 aliphatic rings. The summed E-state index contributed by atoms with van der Waals surface area (Å²) in [5, 5.41) is 11.0. The maximum atomic E-state index is 12.6. The van der Waals surface area contributed by atoms with Crippen LogP contribution in [0.15, 0.2) is 6.33 Å². The zero-order valence-corrected chi connectivity index (χ0v) is 15.2. The second-order valence-corrected chi connectivity index (χ2v) is 7.01. The number of hydrogen-bond acceptors (Lipinski definition) is 4. The molecule has 134 valence electrons. The molecule has 0 saturated carbocycles. The molecule has 1 aromatic heterocycles. The minimum Gasteiger partial charge on any atom is -0.347 e. The molecule has 1 aliphatic heterocycles. The number of carbonyl (C=O) groups is 2. The average Bonchev–Trinajstić information content (AvgIpc) is 3.19.